The van der Waals surface area contributed by atoms with Gasteiger partial charge in [0.15, 0.2) is 0 Å². The number of ketones is 1. The molecule has 0 spiro atoms. The summed E-state index contributed by atoms with van der Waals surface area (Å²) in [4.78, 5) is 20.0. The van der Waals surface area contributed by atoms with Gasteiger partial charge in [-0.1, -0.05) is 6.92 Å². The van der Waals surface area contributed by atoms with E-state index in [0.717, 1.165) is 0 Å². The maximum Gasteiger partial charge on any atom is 0.0657 e. The molecule has 0 saturated heterocycles. The van der Waals surface area contributed by atoms with Gasteiger partial charge in [0.2, 0.25) is 0 Å². The molecule has 1 radical (unpaired) electrons. The van der Waals surface area contributed by atoms with E-state index in [0.29, 0.717) is 0 Å². The fourth-order valence-electron chi connectivity index (χ4n) is 0.334. The van der Waals surface area contributed by atoms with Crippen LogP contribution in [0.1, 0.15) is 13.8 Å². The second kappa shape index (κ2) is 6.31. The molecule has 2 nitrogen and oxygen atoms in total. The molecule has 0 rings (SSSR count). The number of carbonyl (C=O) groups excluding carboxylic acids is 2. The standard InChI is InChI=1S/C6H7O2.Y/c1-3-6(4-7)5(2)8;/h3H,1-2H3;/q-1;/b6-3+;. The Kier molecular flexibility index (Phi) is 8.35. The molecule has 0 bridgehead atoms. The summed E-state index contributed by atoms with van der Waals surface area (Å²) >= 11 is 0. The van der Waals surface area contributed by atoms with Crippen LogP contribution < -0.4 is 0 Å². The number of Topliss-reactive ketones (excluding diaryl/α,β-unsaturated/α-hetero) is 1. The zero-order chi connectivity index (χ0) is 6.57. The zero-order valence-corrected chi connectivity index (χ0v) is 8.31. The first-order chi connectivity index (χ1) is 3.72. The zero-order valence-electron chi connectivity index (χ0n) is 5.47. The van der Waals surface area contributed by atoms with Gasteiger partial charge in [-0.3, -0.25) is 0 Å². The van der Waals surface area contributed by atoms with Crippen LogP contribution in [0.3, 0.4) is 0 Å². The summed E-state index contributed by atoms with van der Waals surface area (Å²) < 4.78 is 0. The Labute approximate surface area is 79.6 Å². The molecular weight excluding hydrogens is 193 g/mol. The van der Waals surface area contributed by atoms with Crippen molar-refractivity contribution in [2.75, 3.05) is 0 Å². The van der Waals surface area contributed by atoms with E-state index in [1.165, 1.54) is 19.3 Å². The quantitative estimate of drug-likeness (QED) is 0.283. The van der Waals surface area contributed by atoms with E-state index >= 15 is 0 Å². The van der Waals surface area contributed by atoms with Crippen molar-refractivity contribution in [1.29, 1.82) is 0 Å². The third kappa shape index (κ3) is 4.67. The minimum Gasteiger partial charge on any atom is -0.376 e. The number of rotatable bonds is 2. The average molecular weight is 200 g/mol. The van der Waals surface area contributed by atoms with Crippen LogP contribution >= 0.6 is 0 Å². The third-order valence-corrected chi connectivity index (χ3v) is 0.778. The Morgan fingerprint density at radius 3 is 2.00 bits per heavy atom. The van der Waals surface area contributed by atoms with Crippen LogP contribution in [-0.4, -0.2) is 12.1 Å². The second-order valence-corrected chi connectivity index (χ2v) is 1.36. The molecule has 9 heavy (non-hydrogen) atoms. The van der Waals surface area contributed by atoms with Gasteiger partial charge in [-0.2, -0.15) is 6.08 Å². The van der Waals surface area contributed by atoms with Crippen molar-refractivity contribution in [3.8, 4) is 0 Å². The normalized spacial score (nSPS) is 9.78. The molecule has 0 aliphatic rings. The van der Waals surface area contributed by atoms with Crippen molar-refractivity contribution in [2.45, 2.75) is 13.8 Å². The van der Waals surface area contributed by atoms with Crippen molar-refractivity contribution in [3.63, 3.8) is 0 Å². The van der Waals surface area contributed by atoms with Crippen molar-refractivity contribution in [3.05, 3.63) is 11.6 Å². The van der Waals surface area contributed by atoms with Gasteiger partial charge in [0.25, 0.3) is 0 Å². The minimum absolute atomic E-state index is 0. The number of allylic oxidation sites excluding steroid dienone is 2. The third-order valence-electron chi connectivity index (χ3n) is 0.778. The Hall–Kier alpha value is 0.184. The smallest absolute Gasteiger partial charge is 0.0657 e. The fourth-order valence-corrected chi connectivity index (χ4v) is 0.334. The summed E-state index contributed by atoms with van der Waals surface area (Å²) in [5.41, 5.74) is 0.116. The first-order valence-electron chi connectivity index (χ1n) is 2.27. The summed E-state index contributed by atoms with van der Waals surface area (Å²) in [5, 5.41) is 0. The maximum absolute atomic E-state index is 10.3. The molecule has 0 aliphatic carbocycles. The van der Waals surface area contributed by atoms with Crippen molar-refractivity contribution < 1.29 is 42.3 Å². The molecule has 0 unspecified atom stereocenters. The van der Waals surface area contributed by atoms with Crippen LogP contribution in [0.2, 0.25) is 0 Å². The molecule has 0 aliphatic heterocycles. The topological polar surface area (TPSA) is 34.1 Å². The van der Waals surface area contributed by atoms with E-state index in [4.69, 9.17) is 0 Å². The van der Waals surface area contributed by atoms with E-state index in [2.05, 4.69) is 0 Å². The number of hydrogen-bond donors (Lipinski definition) is 0. The molecule has 3 heteroatoms. The summed E-state index contributed by atoms with van der Waals surface area (Å²) in [6, 6.07) is 0. The molecule has 0 amide bonds. The first-order valence-corrected chi connectivity index (χ1v) is 2.27. The summed E-state index contributed by atoms with van der Waals surface area (Å²) in [6.45, 7) is 2.96. The number of hydrogen-bond acceptors (Lipinski definition) is 2. The SMILES string of the molecule is C/C=C(\[C-]=O)C(C)=O.[Y]. The fraction of sp³-hybridized carbons (Fsp3) is 0.333. The van der Waals surface area contributed by atoms with Crippen LogP contribution in [0, 0.1) is 0 Å². The van der Waals surface area contributed by atoms with Gasteiger partial charge in [0.1, 0.15) is 0 Å². The monoisotopic (exact) mass is 200 g/mol. The van der Waals surface area contributed by atoms with Crippen molar-refractivity contribution in [1.82, 2.24) is 0 Å². The molecule has 0 atom stereocenters. The molecule has 0 saturated carbocycles. The van der Waals surface area contributed by atoms with Crippen LogP contribution in [-0.2, 0) is 42.3 Å². The minimum atomic E-state index is -0.234. The number of carbonyl (C=O) groups is 1. The van der Waals surface area contributed by atoms with Crippen molar-refractivity contribution >= 4 is 12.1 Å². The Bertz CT molecular complexity index is 138. The van der Waals surface area contributed by atoms with Gasteiger partial charge in [-0.15, -0.1) is 5.57 Å². The Morgan fingerprint density at radius 1 is 1.56 bits per heavy atom. The molecular formula is C6H7O2Y-. The van der Waals surface area contributed by atoms with Crippen LogP contribution in [0.5, 0.6) is 0 Å². The molecule has 0 heterocycles. The molecule has 0 N–H and O–H groups in total. The largest absolute Gasteiger partial charge is 0.376 e. The van der Waals surface area contributed by atoms with Crippen LogP contribution in [0.4, 0.5) is 0 Å². The molecule has 0 aromatic carbocycles. The van der Waals surface area contributed by atoms with Crippen LogP contribution in [0.25, 0.3) is 0 Å². The van der Waals surface area contributed by atoms with Gasteiger partial charge < -0.3 is 9.59 Å². The summed E-state index contributed by atoms with van der Waals surface area (Å²) in [5.74, 6) is -0.234. The molecule has 0 aromatic rings. The summed E-state index contributed by atoms with van der Waals surface area (Å²) in [6.07, 6.45) is 2.95. The van der Waals surface area contributed by atoms with Gasteiger partial charge in [-0.05, 0) is 6.92 Å². The van der Waals surface area contributed by atoms with E-state index in [1.807, 2.05) is 0 Å². The van der Waals surface area contributed by atoms with E-state index in [-0.39, 0.29) is 44.1 Å². The molecule has 0 fully saturated rings. The second-order valence-electron chi connectivity index (χ2n) is 1.36. The van der Waals surface area contributed by atoms with Gasteiger partial charge in [0, 0.05) is 38.5 Å². The predicted molar refractivity (Wildman–Crippen MR) is 30.1 cm³/mol. The molecule has 47 valence electrons. The van der Waals surface area contributed by atoms with E-state index in [1.54, 1.807) is 6.92 Å². The summed E-state index contributed by atoms with van der Waals surface area (Å²) in [7, 11) is 0. The average Bonchev–Trinajstić information content (AvgIpc) is 1.69. The Balaban J connectivity index is 0. The van der Waals surface area contributed by atoms with Crippen molar-refractivity contribution in [2.24, 2.45) is 0 Å². The van der Waals surface area contributed by atoms with E-state index < -0.39 is 0 Å². The van der Waals surface area contributed by atoms with Gasteiger partial charge >= 0.3 is 0 Å². The van der Waals surface area contributed by atoms with E-state index in [9.17, 15) is 9.59 Å². The predicted octanol–water partition coefficient (Wildman–Crippen LogP) is 0.629. The van der Waals surface area contributed by atoms with Gasteiger partial charge in [0.05, 0.1) is 6.29 Å². The maximum atomic E-state index is 10.3. The molecule has 0 aromatic heterocycles. The van der Waals surface area contributed by atoms with Crippen LogP contribution in [0.15, 0.2) is 11.6 Å². The van der Waals surface area contributed by atoms with Gasteiger partial charge in [-0.25, -0.2) is 0 Å². The first kappa shape index (κ1) is 11.9. The Morgan fingerprint density at radius 2 is 2.00 bits per heavy atom.